The normalized spacial score (nSPS) is 20.2. The standard InChI is InChI=1S/C18H34F3N5O2S.HI/c1-2-22-17(23-9-3-4-10-25-11-5-6-12-25)24-15-16-7-13-26(14-8-16)29(27,28)18(19,20)21;/h16H,2-15H2,1H3,(H2,22,23,24);1H. The molecule has 0 aromatic heterocycles. The lowest BCUT2D eigenvalue weighted by molar-refractivity contribution is -0.0496. The molecule has 0 bridgehead atoms. The molecule has 2 rings (SSSR count). The Morgan fingerprint density at radius 1 is 1.07 bits per heavy atom. The summed E-state index contributed by atoms with van der Waals surface area (Å²) in [7, 11) is -5.22. The largest absolute Gasteiger partial charge is 0.511 e. The van der Waals surface area contributed by atoms with E-state index in [1.807, 2.05) is 6.92 Å². The summed E-state index contributed by atoms with van der Waals surface area (Å²) < 4.78 is 61.4. The summed E-state index contributed by atoms with van der Waals surface area (Å²) >= 11 is 0. The fraction of sp³-hybridized carbons (Fsp3) is 0.944. The molecule has 12 heteroatoms. The molecule has 178 valence electrons. The number of nitrogens with one attached hydrogen (secondary N) is 2. The number of sulfonamides is 1. The molecular weight excluding hydrogens is 534 g/mol. The van der Waals surface area contributed by atoms with Gasteiger partial charge in [-0.15, -0.1) is 24.0 Å². The van der Waals surface area contributed by atoms with Crippen LogP contribution in [0.5, 0.6) is 0 Å². The summed E-state index contributed by atoms with van der Waals surface area (Å²) in [6.07, 6.45) is 5.56. The lowest BCUT2D eigenvalue weighted by atomic mass is 9.98. The van der Waals surface area contributed by atoms with Gasteiger partial charge in [0.15, 0.2) is 5.96 Å². The predicted octanol–water partition coefficient (Wildman–Crippen LogP) is 2.60. The molecule has 0 saturated carbocycles. The highest BCUT2D eigenvalue weighted by Gasteiger charge is 2.50. The van der Waals surface area contributed by atoms with Crippen LogP contribution in [0, 0.1) is 5.92 Å². The number of guanidine groups is 1. The summed E-state index contributed by atoms with van der Waals surface area (Å²) in [6, 6.07) is 0. The molecule has 0 aromatic carbocycles. The molecule has 7 nitrogen and oxygen atoms in total. The van der Waals surface area contributed by atoms with Gasteiger partial charge in [-0.3, -0.25) is 4.99 Å². The van der Waals surface area contributed by atoms with E-state index in [0.29, 0.717) is 29.7 Å². The number of hydrogen-bond donors (Lipinski definition) is 2. The number of piperidine rings is 1. The van der Waals surface area contributed by atoms with Gasteiger partial charge in [0.1, 0.15) is 0 Å². The summed E-state index contributed by atoms with van der Waals surface area (Å²) in [4.78, 5) is 7.03. The number of aliphatic imine (C=N–C) groups is 1. The van der Waals surface area contributed by atoms with Crippen LogP contribution in [0.2, 0.25) is 0 Å². The van der Waals surface area contributed by atoms with Crippen molar-refractivity contribution in [2.75, 3.05) is 52.4 Å². The summed E-state index contributed by atoms with van der Waals surface area (Å²) in [5, 5.41) is 6.48. The zero-order chi connectivity index (χ0) is 21.3. The fourth-order valence-electron chi connectivity index (χ4n) is 3.71. The monoisotopic (exact) mass is 569 g/mol. The maximum Gasteiger partial charge on any atom is 0.511 e. The Hall–Kier alpha value is -0.340. The van der Waals surface area contributed by atoms with Gasteiger partial charge in [0.25, 0.3) is 0 Å². The Labute approximate surface area is 195 Å². The number of hydrogen-bond acceptors (Lipinski definition) is 4. The topological polar surface area (TPSA) is 77.0 Å². The van der Waals surface area contributed by atoms with Crippen molar-refractivity contribution in [3.05, 3.63) is 0 Å². The second-order valence-corrected chi connectivity index (χ2v) is 9.62. The average Bonchev–Trinajstić information content (AvgIpc) is 3.18. The molecule has 2 saturated heterocycles. The lowest BCUT2D eigenvalue weighted by Gasteiger charge is -2.30. The number of rotatable bonds is 9. The van der Waals surface area contributed by atoms with E-state index in [4.69, 9.17) is 0 Å². The first-order valence-electron chi connectivity index (χ1n) is 10.5. The molecule has 0 atom stereocenters. The second kappa shape index (κ2) is 13.3. The van der Waals surface area contributed by atoms with Gasteiger partial charge in [-0.05, 0) is 71.0 Å². The van der Waals surface area contributed by atoms with Gasteiger partial charge >= 0.3 is 15.5 Å². The van der Waals surface area contributed by atoms with E-state index in [9.17, 15) is 21.6 Å². The van der Waals surface area contributed by atoms with E-state index in [1.54, 1.807) is 0 Å². The van der Waals surface area contributed by atoms with Gasteiger partial charge in [0, 0.05) is 32.7 Å². The first-order chi connectivity index (χ1) is 13.7. The van der Waals surface area contributed by atoms with Gasteiger partial charge in [-0.2, -0.15) is 17.5 Å². The van der Waals surface area contributed by atoms with Crippen LogP contribution >= 0.6 is 24.0 Å². The van der Waals surface area contributed by atoms with Crippen molar-refractivity contribution >= 4 is 40.0 Å². The Morgan fingerprint density at radius 2 is 1.70 bits per heavy atom. The highest BCUT2D eigenvalue weighted by molar-refractivity contribution is 14.0. The highest BCUT2D eigenvalue weighted by atomic mass is 127. The van der Waals surface area contributed by atoms with Gasteiger partial charge in [0.05, 0.1) is 0 Å². The molecule has 30 heavy (non-hydrogen) atoms. The first kappa shape index (κ1) is 27.7. The van der Waals surface area contributed by atoms with Crippen molar-refractivity contribution in [1.29, 1.82) is 0 Å². The maximum absolute atomic E-state index is 12.6. The van der Waals surface area contributed by atoms with E-state index >= 15 is 0 Å². The van der Waals surface area contributed by atoms with Crippen LogP contribution in [0.15, 0.2) is 4.99 Å². The van der Waals surface area contributed by atoms with Gasteiger partial charge in [-0.1, -0.05) is 0 Å². The molecule has 0 unspecified atom stereocenters. The Morgan fingerprint density at radius 3 is 2.27 bits per heavy atom. The van der Waals surface area contributed by atoms with Gasteiger partial charge < -0.3 is 15.5 Å². The second-order valence-electron chi connectivity index (χ2n) is 7.70. The van der Waals surface area contributed by atoms with E-state index in [2.05, 4.69) is 20.5 Å². The molecule has 2 heterocycles. The summed E-state index contributed by atoms with van der Waals surface area (Å²) in [5.41, 5.74) is -5.23. The van der Waals surface area contributed by atoms with Crippen LogP contribution in [0.4, 0.5) is 13.2 Å². The summed E-state index contributed by atoms with van der Waals surface area (Å²) in [5.74, 6) is 0.791. The van der Waals surface area contributed by atoms with Crippen molar-refractivity contribution in [2.24, 2.45) is 10.9 Å². The number of unbranched alkanes of at least 4 members (excludes halogenated alkanes) is 1. The molecule has 0 spiro atoms. The van der Waals surface area contributed by atoms with E-state index in [0.717, 1.165) is 32.5 Å². The third-order valence-corrected chi connectivity index (χ3v) is 7.08. The third kappa shape index (κ3) is 8.65. The van der Waals surface area contributed by atoms with Crippen molar-refractivity contribution in [1.82, 2.24) is 19.8 Å². The van der Waals surface area contributed by atoms with Gasteiger partial charge in [-0.25, -0.2) is 8.42 Å². The third-order valence-electron chi connectivity index (χ3n) is 5.45. The number of likely N-dealkylation sites (tertiary alicyclic amines) is 1. The van der Waals surface area contributed by atoms with Crippen LogP contribution in [0.3, 0.4) is 0 Å². The van der Waals surface area contributed by atoms with Crippen LogP contribution < -0.4 is 10.6 Å². The number of alkyl halides is 3. The van der Waals surface area contributed by atoms with Crippen molar-refractivity contribution in [3.63, 3.8) is 0 Å². The molecule has 0 radical (unpaired) electrons. The Kier molecular flexibility index (Phi) is 12.2. The van der Waals surface area contributed by atoms with Crippen LogP contribution in [0.1, 0.15) is 45.4 Å². The van der Waals surface area contributed by atoms with E-state index < -0.39 is 15.5 Å². The zero-order valence-corrected chi connectivity index (χ0v) is 20.7. The van der Waals surface area contributed by atoms with Crippen molar-refractivity contribution in [2.45, 2.75) is 51.0 Å². The number of nitrogens with zero attached hydrogens (tertiary/aromatic N) is 3. The van der Waals surface area contributed by atoms with E-state index in [1.165, 1.54) is 25.9 Å². The Balaban J connectivity index is 0.00000450. The SMILES string of the molecule is CCNC(=NCC1CCN(S(=O)(=O)C(F)(F)F)CC1)NCCCCN1CCCC1.I. The minimum absolute atomic E-state index is 0. The molecule has 0 amide bonds. The number of halogens is 4. The van der Waals surface area contributed by atoms with Crippen LogP contribution in [-0.2, 0) is 10.0 Å². The molecule has 2 N–H and O–H groups in total. The van der Waals surface area contributed by atoms with Crippen molar-refractivity contribution < 1.29 is 21.6 Å². The predicted molar refractivity (Wildman–Crippen MR) is 124 cm³/mol. The molecular formula is C18H35F3IN5O2S. The lowest BCUT2D eigenvalue weighted by Crippen LogP contribution is -2.45. The highest BCUT2D eigenvalue weighted by Crippen LogP contribution is 2.30. The van der Waals surface area contributed by atoms with E-state index in [-0.39, 0.29) is 43.0 Å². The minimum Gasteiger partial charge on any atom is -0.357 e. The quantitative estimate of drug-likeness (QED) is 0.193. The van der Waals surface area contributed by atoms with Crippen molar-refractivity contribution in [3.8, 4) is 0 Å². The minimum atomic E-state index is -5.23. The zero-order valence-electron chi connectivity index (χ0n) is 17.6. The summed E-state index contributed by atoms with van der Waals surface area (Å²) in [6.45, 7) is 7.33. The molecule has 2 fully saturated rings. The molecule has 0 aromatic rings. The van der Waals surface area contributed by atoms with Gasteiger partial charge in [0.2, 0.25) is 0 Å². The molecule has 2 aliphatic heterocycles. The average molecular weight is 569 g/mol. The Bertz CT molecular complexity index is 620. The first-order valence-corrected chi connectivity index (χ1v) is 12.0. The van der Waals surface area contributed by atoms with Crippen LogP contribution in [-0.4, -0.2) is 81.4 Å². The molecule has 0 aliphatic carbocycles. The van der Waals surface area contributed by atoms with Crippen LogP contribution in [0.25, 0.3) is 0 Å². The smallest absolute Gasteiger partial charge is 0.357 e. The molecule has 2 aliphatic rings. The maximum atomic E-state index is 12.6. The fourth-order valence-corrected chi connectivity index (χ4v) is 4.70.